The number of carbonyl (C=O) groups excluding carboxylic acids is 3. The van der Waals surface area contributed by atoms with Crippen LogP contribution >= 0.6 is 23.4 Å². The van der Waals surface area contributed by atoms with Gasteiger partial charge in [0.1, 0.15) is 22.4 Å². The molecule has 0 radical (unpaired) electrons. The van der Waals surface area contributed by atoms with Crippen molar-refractivity contribution >= 4 is 58.5 Å². The molecule has 1 atom stereocenters. The first-order valence-electron chi connectivity index (χ1n) is 14.8. The van der Waals surface area contributed by atoms with Crippen molar-refractivity contribution in [2.75, 3.05) is 24.9 Å². The second-order valence-corrected chi connectivity index (χ2v) is 12.0. The van der Waals surface area contributed by atoms with Gasteiger partial charge in [-0.25, -0.2) is 0 Å². The number of methoxy groups -OCH3 is 2. The summed E-state index contributed by atoms with van der Waals surface area (Å²) in [4.78, 5) is 41.2. The summed E-state index contributed by atoms with van der Waals surface area (Å²) in [6, 6.07) is 37.3. The number of hydrogen-bond donors (Lipinski definition) is 3. The van der Waals surface area contributed by atoms with Crippen molar-refractivity contribution in [2.24, 2.45) is 0 Å². The predicted molar refractivity (Wildman–Crippen MR) is 192 cm³/mol. The maximum atomic E-state index is 13.8. The molecule has 0 heterocycles. The van der Waals surface area contributed by atoms with Crippen LogP contribution < -0.4 is 25.4 Å². The maximum absolute atomic E-state index is 13.8. The second-order valence-electron chi connectivity index (χ2n) is 10.4. The van der Waals surface area contributed by atoms with E-state index in [9.17, 15) is 14.4 Å². The van der Waals surface area contributed by atoms with Gasteiger partial charge in [-0.2, -0.15) is 0 Å². The molecule has 3 amide bonds. The molecular weight excluding hydrogens is 646 g/mol. The first-order chi connectivity index (χ1) is 23.3. The topological polar surface area (TPSA) is 106 Å². The minimum absolute atomic E-state index is 0.0171. The van der Waals surface area contributed by atoms with Crippen LogP contribution in [0.1, 0.15) is 26.7 Å². The van der Waals surface area contributed by atoms with E-state index in [0.29, 0.717) is 39.0 Å². The Morgan fingerprint density at radius 2 is 1.42 bits per heavy atom. The average molecular weight is 678 g/mol. The Kier molecular flexibility index (Phi) is 11.5. The highest BCUT2D eigenvalue weighted by molar-refractivity contribution is 8.00. The van der Waals surface area contributed by atoms with Crippen LogP contribution in [0.25, 0.3) is 6.08 Å². The lowest BCUT2D eigenvalue weighted by molar-refractivity contribution is -0.116. The third kappa shape index (κ3) is 9.06. The Balaban J connectivity index is 1.41. The molecule has 0 aliphatic rings. The Bertz CT molecular complexity index is 1940. The number of ether oxygens (including phenoxy) is 2. The van der Waals surface area contributed by atoms with Gasteiger partial charge in [0, 0.05) is 32.4 Å². The summed E-state index contributed by atoms with van der Waals surface area (Å²) in [5, 5.41) is 8.49. The average Bonchev–Trinajstić information content (AvgIpc) is 3.11. The van der Waals surface area contributed by atoms with E-state index in [1.54, 1.807) is 91.0 Å². The first-order valence-corrected chi connectivity index (χ1v) is 16.1. The van der Waals surface area contributed by atoms with Crippen molar-refractivity contribution < 1.29 is 23.9 Å². The number of anilines is 2. The zero-order valence-corrected chi connectivity index (χ0v) is 27.7. The van der Waals surface area contributed by atoms with Crippen molar-refractivity contribution in [3.8, 4) is 11.5 Å². The van der Waals surface area contributed by atoms with Crippen molar-refractivity contribution in [3.05, 3.63) is 155 Å². The molecule has 0 aliphatic heterocycles. The minimum atomic E-state index is -0.614. The van der Waals surface area contributed by atoms with Crippen molar-refractivity contribution in [3.63, 3.8) is 0 Å². The number of thioether (sulfide) groups is 1. The number of halogens is 1. The molecule has 0 fully saturated rings. The molecule has 0 saturated heterocycles. The van der Waals surface area contributed by atoms with Gasteiger partial charge in [-0.05, 0) is 78.4 Å². The van der Waals surface area contributed by atoms with E-state index in [-0.39, 0.29) is 11.6 Å². The Morgan fingerprint density at radius 1 is 0.729 bits per heavy atom. The fourth-order valence-electron chi connectivity index (χ4n) is 4.71. The molecule has 0 aromatic heterocycles. The van der Waals surface area contributed by atoms with Gasteiger partial charge in [0.2, 0.25) is 5.91 Å². The predicted octanol–water partition coefficient (Wildman–Crippen LogP) is 8.24. The number of amides is 3. The zero-order chi connectivity index (χ0) is 33.9. The van der Waals surface area contributed by atoms with E-state index < -0.39 is 17.1 Å². The van der Waals surface area contributed by atoms with E-state index in [0.717, 1.165) is 10.5 Å². The van der Waals surface area contributed by atoms with E-state index in [1.807, 2.05) is 36.4 Å². The third-order valence-electron chi connectivity index (χ3n) is 7.04. The summed E-state index contributed by atoms with van der Waals surface area (Å²) in [5.74, 6) is -0.224. The quantitative estimate of drug-likeness (QED) is 0.0908. The van der Waals surface area contributed by atoms with Crippen LogP contribution in [-0.2, 0) is 9.59 Å². The molecule has 0 spiro atoms. The highest BCUT2D eigenvalue weighted by atomic mass is 35.5. The number of carbonyl (C=O) groups is 3. The summed E-state index contributed by atoms with van der Waals surface area (Å²) in [6.45, 7) is 0. The molecule has 3 N–H and O–H groups in total. The Morgan fingerprint density at radius 3 is 2.10 bits per heavy atom. The van der Waals surface area contributed by atoms with Crippen LogP contribution in [-0.4, -0.2) is 31.9 Å². The number of hydrogen-bond acceptors (Lipinski definition) is 6. The van der Waals surface area contributed by atoms with E-state index in [1.165, 1.54) is 32.1 Å². The molecule has 48 heavy (non-hydrogen) atoms. The molecule has 10 heteroatoms. The van der Waals surface area contributed by atoms with Crippen LogP contribution in [0.5, 0.6) is 11.5 Å². The molecule has 0 aliphatic carbocycles. The smallest absolute Gasteiger partial charge is 0.272 e. The normalized spacial score (nSPS) is 11.6. The SMILES string of the molecule is COc1ccc(OC)c(/C=C(/NC(=O)c2ccccc2)C(=O)Nc2cccc(SC(C(=O)Nc3cccc(Cl)c3)c3ccccc3)c2)c1. The third-order valence-corrected chi connectivity index (χ3v) is 8.53. The van der Waals surface area contributed by atoms with Crippen LogP contribution in [0.4, 0.5) is 11.4 Å². The largest absolute Gasteiger partial charge is 0.497 e. The number of nitrogens with one attached hydrogen (secondary N) is 3. The maximum Gasteiger partial charge on any atom is 0.272 e. The summed E-state index contributed by atoms with van der Waals surface area (Å²) in [7, 11) is 3.05. The molecule has 0 bridgehead atoms. The molecule has 5 aromatic rings. The first kappa shape index (κ1) is 33.8. The molecule has 242 valence electrons. The van der Waals surface area contributed by atoms with Gasteiger partial charge < -0.3 is 25.4 Å². The summed E-state index contributed by atoms with van der Waals surface area (Å²) >= 11 is 7.47. The fraction of sp³-hybridized carbons (Fsp3) is 0.0789. The van der Waals surface area contributed by atoms with Gasteiger partial charge in [-0.15, -0.1) is 11.8 Å². The van der Waals surface area contributed by atoms with Gasteiger partial charge in [-0.3, -0.25) is 14.4 Å². The number of benzene rings is 5. The van der Waals surface area contributed by atoms with Crippen molar-refractivity contribution in [1.29, 1.82) is 0 Å². The second kappa shape index (κ2) is 16.4. The van der Waals surface area contributed by atoms with E-state index in [4.69, 9.17) is 21.1 Å². The van der Waals surface area contributed by atoms with Gasteiger partial charge in [0.05, 0.1) is 14.2 Å². The Labute approximate surface area is 288 Å². The van der Waals surface area contributed by atoms with E-state index >= 15 is 0 Å². The fourth-order valence-corrected chi connectivity index (χ4v) is 5.98. The molecule has 8 nitrogen and oxygen atoms in total. The van der Waals surface area contributed by atoms with Crippen LogP contribution in [0.15, 0.2) is 138 Å². The van der Waals surface area contributed by atoms with Crippen LogP contribution in [0.3, 0.4) is 0 Å². The van der Waals surface area contributed by atoms with Gasteiger partial charge >= 0.3 is 0 Å². The molecule has 5 rings (SSSR count). The summed E-state index contributed by atoms with van der Waals surface area (Å²) in [5.41, 5.74) is 2.74. The van der Waals surface area contributed by atoms with Gasteiger partial charge in [0.25, 0.3) is 11.8 Å². The monoisotopic (exact) mass is 677 g/mol. The lowest BCUT2D eigenvalue weighted by Crippen LogP contribution is -2.30. The Hall–Kier alpha value is -5.51. The standard InChI is InChI=1S/C38H32ClN3O5S/c1-46-31-19-20-34(47-2)27(21-31)22-33(42-36(43)26-13-7-4-8-14-26)37(44)40-30-17-10-18-32(24-30)48-35(25-11-5-3-6-12-25)38(45)41-29-16-9-15-28(39)23-29/h3-24,35H,1-2H3,(H,40,44)(H,41,45)(H,42,43)/b33-22+. The minimum Gasteiger partial charge on any atom is -0.497 e. The molecule has 0 saturated carbocycles. The van der Waals surface area contributed by atoms with E-state index in [2.05, 4.69) is 16.0 Å². The zero-order valence-electron chi connectivity index (χ0n) is 26.1. The summed E-state index contributed by atoms with van der Waals surface area (Å²) in [6.07, 6.45) is 1.53. The van der Waals surface area contributed by atoms with Gasteiger partial charge in [0.15, 0.2) is 0 Å². The number of rotatable bonds is 12. The molecular formula is C38H32ClN3O5S. The molecule has 5 aromatic carbocycles. The highest BCUT2D eigenvalue weighted by Gasteiger charge is 2.23. The van der Waals surface area contributed by atoms with Crippen molar-refractivity contribution in [1.82, 2.24) is 5.32 Å². The van der Waals surface area contributed by atoms with Crippen LogP contribution in [0.2, 0.25) is 5.02 Å². The van der Waals surface area contributed by atoms with Crippen molar-refractivity contribution in [2.45, 2.75) is 10.1 Å². The lowest BCUT2D eigenvalue weighted by Gasteiger charge is -2.18. The summed E-state index contributed by atoms with van der Waals surface area (Å²) < 4.78 is 10.9. The highest BCUT2D eigenvalue weighted by Crippen LogP contribution is 2.37. The molecule has 1 unspecified atom stereocenters. The van der Waals surface area contributed by atoms with Crippen LogP contribution in [0, 0.1) is 0 Å². The van der Waals surface area contributed by atoms with Gasteiger partial charge in [-0.1, -0.05) is 72.3 Å². The lowest BCUT2D eigenvalue weighted by atomic mass is 10.1.